The standard InChI is InChI=1S/C24H25N3O3/c1-27(16-18-7-3-2-4-8-18)21-10-6-5-9-20(21)25-15-24(28)26-14-19-11-12-22-23(13-19)30-17-29-22/h2-13,25H,14-17H2,1H3,(H,26,28). The Balaban J connectivity index is 1.31. The minimum absolute atomic E-state index is 0.0758. The molecular formula is C24H25N3O3. The summed E-state index contributed by atoms with van der Waals surface area (Å²) in [6.07, 6.45) is 0. The molecule has 4 rings (SSSR count). The fraction of sp³-hybridized carbons (Fsp3) is 0.208. The lowest BCUT2D eigenvalue weighted by Crippen LogP contribution is -2.30. The van der Waals surface area contributed by atoms with Crippen LogP contribution in [0.2, 0.25) is 0 Å². The van der Waals surface area contributed by atoms with Gasteiger partial charge in [0.25, 0.3) is 0 Å². The van der Waals surface area contributed by atoms with Crippen molar-refractivity contribution in [3.63, 3.8) is 0 Å². The van der Waals surface area contributed by atoms with Crippen molar-refractivity contribution in [1.29, 1.82) is 0 Å². The highest BCUT2D eigenvalue weighted by atomic mass is 16.7. The van der Waals surface area contributed by atoms with Gasteiger partial charge in [0.1, 0.15) is 0 Å². The van der Waals surface area contributed by atoms with E-state index in [0.717, 1.165) is 35.0 Å². The van der Waals surface area contributed by atoms with Crippen LogP contribution in [0.4, 0.5) is 11.4 Å². The van der Waals surface area contributed by atoms with E-state index in [1.54, 1.807) is 0 Å². The van der Waals surface area contributed by atoms with Gasteiger partial charge >= 0.3 is 0 Å². The number of carbonyl (C=O) groups excluding carboxylic acids is 1. The number of rotatable bonds is 8. The highest BCUT2D eigenvalue weighted by molar-refractivity contribution is 5.82. The van der Waals surface area contributed by atoms with Gasteiger partial charge in [-0.2, -0.15) is 0 Å². The molecule has 0 saturated carbocycles. The van der Waals surface area contributed by atoms with Gasteiger partial charge in [0.15, 0.2) is 11.5 Å². The van der Waals surface area contributed by atoms with Gasteiger partial charge in [0, 0.05) is 20.1 Å². The van der Waals surface area contributed by atoms with E-state index in [9.17, 15) is 4.79 Å². The summed E-state index contributed by atoms with van der Waals surface area (Å²) < 4.78 is 10.7. The molecule has 30 heavy (non-hydrogen) atoms. The molecule has 1 aliphatic heterocycles. The number of para-hydroxylation sites is 2. The lowest BCUT2D eigenvalue weighted by atomic mass is 10.2. The predicted molar refractivity (Wildman–Crippen MR) is 118 cm³/mol. The summed E-state index contributed by atoms with van der Waals surface area (Å²) in [4.78, 5) is 14.5. The molecule has 1 amide bonds. The molecule has 1 heterocycles. The van der Waals surface area contributed by atoms with Gasteiger partial charge in [-0.05, 0) is 35.4 Å². The monoisotopic (exact) mass is 403 g/mol. The minimum atomic E-state index is -0.0758. The van der Waals surface area contributed by atoms with Crippen molar-refractivity contribution in [2.24, 2.45) is 0 Å². The maximum Gasteiger partial charge on any atom is 0.239 e. The minimum Gasteiger partial charge on any atom is -0.454 e. The molecule has 0 fully saturated rings. The number of ether oxygens (including phenoxy) is 2. The zero-order valence-corrected chi connectivity index (χ0v) is 16.9. The smallest absolute Gasteiger partial charge is 0.239 e. The van der Waals surface area contributed by atoms with E-state index in [2.05, 4.69) is 33.7 Å². The summed E-state index contributed by atoms with van der Waals surface area (Å²) in [6.45, 7) is 1.66. The lowest BCUT2D eigenvalue weighted by molar-refractivity contribution is -0.119. The molecule has 0 unspecified atom stereocenters. The maximum atomic E-state index is 12.4. The van der Waals surface area contributed by atoms with Crippen LogP contribution in [-0.2, 0) is 17.9 Å². The van der Waals surface area contributed by atoms with Gasteiger partial charge in [-0.3, -0.25) is 4.79 Å². The van der Waals surface area contributed by atoms with Crippen molar-refractivity contribution in [3.05, 3.63) is 83.9 Å². The van der Waals surface area contributed by atoms with Gasteiger partial charge in [-0.1, -0.05) is 48.5 Å². The van der Waals surface area contributed by atoms with E-state index in [1.165, 1.54) is 5.56 Å². The molecule has 6 nitrogen and oxygen atoms in total. The third kappa shape index (κ3) is 4.84. The molecule has 3 aromatic carbocycles. The van der Waals surface area contributed by atoms with E-state index >= 15 is 0 Å². The van der Waals surface area contributed by atoms with Gasteiger partial charge in [0.05, 0.1) is 17.9 Å². The Labute approximate surface area is 176 Å². The summed E-state index contributed by atoms with van der Waals surface area (Å²) in [5.41, 5.74) is 4.17. The quantitative estimate of drug-likeness (QED) is 0.599. The number of hydrogen-bond donors (Lipinski definition) is 2. The Morgan fingerprint density at radius 3 is 2.57 bits per heavy atom. The van der Waals surface area contributed by atoms with Crippen LogP contribution in [0.15, 0.2) is 72.8 Å². The van der Waals surface area contributed by atoms with Gasteiger partial charge in [-0.25, -0.2) is 0 Å². The topological polar surface area (TPSA) is 62.8 Å². The zero-order valence-electron chi connectivity index (χ0n) is 16.9. The first-order chi connectivity index (χ1) is 14.7. The normalized spacial score (nSPS) is 11.8. The molecule has 0 radical (unpaired) electrons. The van der Waals surface area contributed by atoms with Crippen LogP contribution in [0.3, 0.4) is 0 Å². The maximum absolute atomic E-state index is 12.4. The molecule has 3 aromatic rings. The van der Waals surface area contributed by atoms with Crippen LogP contribution in [0, 0.1) is 0 Å². The number of hydrogen-bond acceptors (Lipinski definition) is 5. The second-order valence-corrected chi connectivity index (χ2v) is 7.18. The van der Waals surface area contributed by atoms with Crippen LogP contribution >= 0.6 is 0 Å². The highest BCUT2D eigenvalue weighted by Gasteiger charge is 2.14. The third-order valence-electron chi connectivity index (χ3n) is 4.94. The van der Waals surface area contributed by atoms with Crippen LogP contribution in [0.25, 0.3) is 0 Å². The van der Waals surface area contributed by atoms with Crippen molar-refractivity contribution in [2.75, 3.05) is 30.6 Å². The van der Waals surface area contributed by atoms with E-state index in [0.29, 0.717) is 6.54 Å². The molecule has 0 saturated heterocycles. The number of benzene rings is 3. The van der Waals surface area contributed by atoms with Crippen LogP contribution in [-0.4, -0.2) is 26.3 Å². The van der Waals surface area contributed by atoms with Crippen LogP contribution in [0.5, 0.6) is 11.5 Å². The van der Waals surface area contributed by atoms with Crippen molar-refractivity contribution >= 4 is 17.3 Å². The largest absolute Gasteiger partial charge is 0.454 e. The third-order valence-corrected chi connectivity index (χ3v) is 4.94. The molecular weight excluding hydrogens is 378 g/mol. The molecule has 154 valence electrons. The molecule has 0 spiro atoms. The van der Waals surface area contributed by atoms with Crippen molar-refractivity contribution < 1.29 is 14.3 Å². The molecule has 1 aliphatic rings. The molecule has 0 atom stereocenters. The summed E-state index contributed by atoms with van der Waals surface area (Å²) >= 11 is 0. The SMILES string of the molecule is CN(Cc1ccccc1)c1ccccc1NCC(=O)NCc1ccc2c(c1)OCO2. The summed E-state index contributed by atoms with van der Waals surface area (Å²) in [5, 5.41) is 6.20. The zero-order chi connectivity index (χ0) is 20.8. The molecule has 0 aromatic heterocycles. The highest BCUT2D eigenvalue weighted by Crippen LogP contribution is 2.32. The first kappa shape index (κ1) is 19.6. The Morgan fingerprint density at radius 2 is 1.70 bits per heavy atom. The summed E-state index contributed by atoms with van der Waals surface area (Å²) in [5.74, 6) is 1.38. The van der Waals surface area contributed by atoms with Gasteiger partial charge in [0.2, 0.25) is 12.7 Å². The molecule has 2 N–H and O–H groups in total. The summed E-state index contributed by atoms with van der Waals surface area (Å²) in [7, 11) is 2.05. The lowest BCUT2D eigenvalue weighted by Gasteiger charge is -2.23. The Kier molecular flexibility index (Phi) is 6.03. The fourth-order valence-corrected chi connectivity index (χ4v) is 3.39. The first-order valence-electron chi connectivity index (χ1n) is 9.92. The molecule has 0 bridgehead atoms. The fourth-order valence-electron chi connectivity index (χ4n) is 3.39. The second-order valence-electron chi connectivity index (χ2n) is 7.18. The molecule has 6 heteroatoms. The number of amides is 1. The number of fused-ring (bicyclic) bond motifs is 1. The van der Waals surface area contributed by atoms with Crippen LogP contribution in [0.1, 0.15) is 11.1 Å². The summed E-state index contributed by atoms with van der Waals surface area (Å²) in [6, 6.07) is 24.0. The molecule has 0 aliphatic carbocycles. The van der Waals surface area contributed by atoms with Crippen LogP contribution < -0.4 is 25.0 Å². The average molecular weight is 403 g/mol. The predicted octanol–water partition coefficient (Wildman–Crippen LogP) is 3.78. The number of anilines is 2. The van der Waals surface area contributed by atoms with E-state index < -0.39 is 0 Å². The first-order valence-corrected chi connectivity index (χ1v) is 9.92. The Bertz CT molecular complexity index is 1010. The van der Waals surface area contributed by atoms with Crippen molar-refractivity contribution in [2.45, 2.75) is 13.1 Å². The Hall–Kier alpha value is -3.67. The van der Waals surface area contributed by atoms with Crippen molar-refractivity contribution in [3.8, 4) is 11.5 Å². The van der Waals surface area contributed by atoms with Gasteiger partial charge < -0.3 is 25.0 Å². The van der Waals surface area contributed by atoms with Crippen molar-refractivity contribution in [1.82, 2.24) is 5.32 Å². The van der Waals surface area contributed by atoms with E-state index in [4.69, 9.17) is 9.47 Å². The van der Waals surface area contributed by atoms with E-state index in [1.807, 2.05) is 61.6 Å². The Morgan fingerprint density at radius 1 is 0.933 bits per heavy atom. The number of carbonyl (C=O) groups is 1. The number of nitrogens with zero attached hydrogens (tertiary/aromatic N) is 1. The average Bonchev–Trinajstić information content (AvgIpc) is 3.25. The second kappa shape index (κ2) is 9.22. The number of nitrogens with one attached hydrogen (secondary N) is 2. The van der Waals surface area contributed by atoms with Gasteiger partial charge in [-0.15, -0.1) is 0 Å². The van der Waals surface area contributed by atoms with E-state index in [-0.39, 0.29) is 19.2 Å².